The maximum atomic E-state index is 14.5. The van der Waals surface area contributed by atoms with Crippen molar-refractivity contribution in [3.05, 3.63) is 57.5 Å². The van der Waals surface area contributed by atoms with E-state index in [1.165, 1.54) is 13.5 Å². The lowest BCUT2D eigenvalue weighted by molar-refractivity contribution is 0.0957. The molecule has 0 spiro atoms. The minimum Gasteiger partial charge on any atom is -0.365 e. The fraction of sp³-hybridized carbons (Fsp3) is 0.542. The molecule has 2 aliphatic carbocycles. The quantitative estimate of drug-likeness (QED) is 0.698. The number of nitrogens with one attached hydrogen (secondary N) is 2. The highest BCUT2D eigenvalue weighted by molar-refractivity contribution is 5.92. The molecule has 170 valence electrons. The third-order valence-electron chi connectivity index (χ3n) is 7.76. The van der Waals surface area contributed by atoms with E-state index in [-0.39, 0.29) is 22.6 Å². The Kier molecular flexibility index (Phi) is 5.28. The van der Waals surface area contributed by atoms with E-state index in [1.54, 1.807) is 12.1 Å². The van der Waals surface area contributed by atoms with Crippen LogP contribution in [0.3, 0.4) is 0 Å². The van der Waals surface area contributed by atoms with Crippen LogP contribution in [-0.2, 0) is 11.8 Å². The number of hydrogen-bond acceptors (Lipinski definition) is 5. The van der Waals surface area contributed by atoms with Crippen molar-refractivity contribution in [1.82, 2.24) is 20.2 Å². The van der Waals surface area contributed by atoms with Crippen molar-refractivity contribution in [2.24, 2.45) is 5.92 Å². The van der Waals surface area contributed by atoms with Crippen molar-refractivity contribution in [1.29, 1.82) is 0 Å². The fourth-order valence-corrected chi connectivity index (χ4v) is 5.81. The SMILES string of the molecule is CCc1ccc(C23CC(N4CCN(c5ccc(C(=O)NC)nc5F)CC4)CC2C3)[nH]c1=O. The number of piperazine rings is 1. The van der Waals surface area contributed by atoms with E-state index in [2.05, 4.69) is 26.3 Å². The number of halogens is 1. The van der Waals surface area contributed by atoms with Crippen LogP contribution in [0.1, 0.15) is 47.9 Å². The molecule has 3 fully saturated rings. The van der Waals surface area contributed by atoms with Crippen LogP contribution >= 0.6 is 0 Å². The summed E-state index contributed by atoms with van der Waals surface area (Å²) in [6.45, 7) is 5.21. The van der Waals surface area contributed by atoms with Gasteiger partial charge >= 0.3 is 0 Å². The van der Waals surface area contributed by atoms with Crippen LogP contribution in [0.25, 0.3) is 0 Å². The number of rotatable bonds is 5. The van der Waals surface area contributed by atoms with E-state index in [0.717, 1.165) is 56.7 Å². The van der Waals surface area contributed by atoms with Crippen molar-refractivity contribution >= 4 is 11.6 Å². The van der Waals surface area contributed by atoms with Gasteiger partial charge in [0.05, 0.1) is 5.69 Å². The van der Waals surface area contributed by atoms with Crippen LogP contribution < -0.4 is 15.8 Å². The molecule has 2 aromatic rings. The Morgan fingerprint density at radius 2 is 2.00 bits per heavy atom. The molecule has 3 atom stereocenters. The molecule has 1 saturated heterocycles. The molecule has 8 heteroatoms. The molecule has 7 nitrogen and oxygen atoms in total. The maximum absolute atomic E-state index is 14.5. The number of nitrogens with zero attached hydrogens (tertiary/aromatic N) is 3. The lowest BCUT2D eigenvalue weighted by Gasteiger charge is -2.39. The molecule has 2 N–H and O–H groups in total. The summed E-state index contributed by atoms with van der Waals surface area (Å²) in [5.74, 6) is -0.340. The van der Waals surface area contributed by atoms with E-state index < -0.39 is 5.95 Å². The van der Waals surface area contributed by atoms with Gasteiger partial charge in [-0.1, -0.05) is 13.0 Å². The summed E-state index contributed by atoms with van der Waals surface area (Å²) in [5, 5.41) is 2.47. The number of anilines is 1. The van der Waals surface area contributed by atoms with Crippen LogP contribution in [0.2, 0.25) is 0 Å². The molecule has 0 bridgehead atoms. The third-order valence-corrected chi connectivity index (χ3v) is 7.76. The highest BCUT2D eigenvalue weighted by atomic mass is 19.1. The second-order valence-electron chi connectivity index (χ2n) is 9.34. The van der Waals surface area contributed by atoms with Gasteiger partial charge in [-0.25, -0.2) is 4.98 Å². The number of amides is 1. The number of aromatic nitrogens is 2. The smallest absolute Gasteiger partial charge is 0.269 e. The van der Waals surface area contributed by atoms with E-state index in [0.29, 0.717) is 17.6 Å². The van der Waals surface area contributed by atoms with Gasteiger partial charge in [-0.2, -0.15) is 4.39 Å². The first-order chi connectivity index (χ1) is 15.4. The van der Waals surface area contributed by atoms with Gasteiger partial charge < -0.3 is 15.2 Å². The lowest BCUT2D eigenvalue weighted by Crippen LogP contribution is -2.50. The van der Waals surface area contributed by atoms with Crippen LogP contribution in [0.15, 0.2) is 29.1 Å². The molecule has 3 aliphatic rings. The molecule has 0 aromatic carbocycles. The highest BCUT2D eigenvalue weighted by Crippen LogP contribution is 2.64. The fourth-order valence-electron chi connectivity index (χ4n) is 5.81. The van der Waals surface area contributed by atoms with Crippen molar-refractivity contribution in [2.75, 3.05) is 38.1 Å². The van der Waals surface area contributed by atoms with Crippen molar-refractivity contribution in [3.63, 3.8) is 0 Å². The average Bonchev–Trinajstić information content (AvgIpc) is 3.39. The number of aryl methyl sites for hydroxylation is 1. The number of aromatic amines is 1. The maximum Gasteiger partial charge on any atom is 0.269 e. The highest BCUT2D eigenvalue weighted by Gasteiger charge is 2.62. The Labute approximate surface area is 187 Å². The Hall–Kier alpha value is -2.74. The van der Waals surface area contributed by atoms with Crippen molar-refractivity contribution in [2.45, 2.75) is 44.1 Å². The largest absolute Gasteiger partial charge is 0.365 e. The third kappa shape index (κ3) is 3.50. The second kappa shape index (κ2) is 7.99. The summed E-state index contributed by atoms with van der Waals surface area (Å²) in [4.78, 5) is 35.5. The summed E-state index contributed by atoms with van der Waals surface area (Å²) in [5.41, 5.74) is 2.69. The lowest BCUT2D eigenvalue weighted by atomic mass is 9.95. The predicted octanol–water partition coefficient (Wildman–Crippen LogP) is 2.07. The first-order valence-electron chi connectivity index (χ1n) is 11.6. The molecule has 2 saturated carbocycles. The van der Waals surface area contributed by atoms with Crippen LogP contribution in [0.5, 0.6) is 0 Å². The van der Waals surface area contributed by atoms with E-state index in [1.807, 2.05) is 17.9 Å². The normalized spacial score (nSPS) is 27.3. The molecule has 32 heavy (non-hydrogen) atoms. The Morgan fingerprint density at radius 1 is 1.22 bits per heavy atom. The number of carbonyl (C=O) groups is 1. The van der Waals surface area contributed by atoms with Gasteiger partial charge in [0.2, 0.25) is 5.95 Å². The molecule has 5 rings (SSSR count). The standard InChI is InChI=1S/C24H30FN5O2/c1-3-15-4-7-20(28-22(15)31)24-13-16(24)12-17(14-24)29-8-10-30(11-9-29)19-6-5-18(23(32)26-2)27-21(19)25/h4-7,16-17H,3,8-14H2,1-2H3,(H,26,32)(H,28,31). The van der Waals surface area contributed by atoms with Gasteiger partial charge in [-0.3, -0.25) is 14.5 Å². The number of pyridine rings is 2. The van der Waals surface area contributed by atoms with Crippen LogP contribution in [-0.4, -0.2) is 60.0 Å². The molecule has 2 aromatic heterocycles. The topological polar surface area (TPSA) is 81.3 Å². The average molecular weight is 440 g/mol. The van der Waals surface area contributed by atoms with Gasteiger partial charge in [0.15, 0.2) is 0 Å². The van der Waals surface area contributed by atoms with Crippen LogP contribution in [0.4, 0.5) is 10.1 Å². The molecule has 3 unspecified atom stereocenters. The van der Waals surface area contributed by atoms with Gasteiger partial charge in [0.25, 0.3) is 11.5 Å². The number of H-pyrrole nitrogens is 1. The first kappa shape index (κ1) is 21.1. The Bertz CT molecular complexity index is 1090. The number of hydrogen-bond donors (Lipinski definition) is 2. The van der Waals surface area contributed by atoms with Gasteiger partial charge in [0.1, 0.15) is 5.69 Å². The van der Waals surface area contributed by atoms with Gasteiger partial charge in [-0.05, 0) is 49.8 Å². The zero-order chi connectivity index (χ0) is 22.5. The first-order valence-corrected chi connectivity index (χ1v) is 11.6. The molecular formula is C24H30FN5O2. The van der Waals surface area contributed by atoms with Crippen molar-refractivity contribution in [3.8, 4) is 0 Å². The zero-order valence-electron chi connectivity index (χ0n) is 18.7. The van der Waals surface area contributed by atoms with E-state index >= 15 is 0 Å². The van der Waals surface area contributed by atoms with Gasteiger partial charge in [-0.15, -0.1) is 0 Å². The zero-order valence-corrected chi connectivity index (χ0v) is 18.7. The molecule has 1 amide bonds. The molecule has 1 aliphatic heterocycles. The van der Waals surface area contributed by atoms with Crippen LogP contribution in [0, 0.1) is 11.9 Å². The Morgan fingerprint density at radius 3 is 2.66 bits per heavy atom. The van der Waals surface area contributed by atoms with E-state index in [9.17, 15) is 14.0 Å². The number of carbonyl (C=O) groups excluding carboxylic acids is 1. The summed E-state index contributed by atoms with van der Waals surface area (Å²) in [6.07, 6.45) is 4.16. The number of fused-ring (bicyclic) bond motifs is 1. The predicted molar refractivity (Wildman–Crippen MR) is 121 cm³/mol. The van der Waals surface area contributed by atoms with E-state index in [4.69, 9.17) is 0 Å². The minimum atomic E-state index is -0.597. The summed E-state index contributed by atoms with van der Waals surface area (Å²) in [6, 6.07) is 7.84. The second-order valence-corrected chi connectivity index (χ2v) is 9.34. The molecule has 0 radical (unpaired) electrons. The minimum absolute atomic E-state index is 0.0557. The summed E-state index contributed by atoms with van der Waals surface area (Å²) >= 11 is 0. The molecular weight excluding hydrogens is 409 g/mol. The monoisotopic (exact) mass is 439 g/mol. The summed E-state index contributed by atoms with van der Waals surface area (Å²) < 4.78 is 14.5. The molecule has 3 heterocycles. The Balaban J connectivity index is 1.22. The summed E-state index contributed by atoms with van der Waals surface area (Å²) in [7, 11) is 1.50. The van der Waals surface area contributed by atoms with Gasteiger partial charge in [0, 0.05) is 55.9 Å². The van der Waals surface area contributed by atoms with Crippen molar-refractivity contribution < 1.29 is 9.18 Å².